The van der Waals surface area contributed by atoms with Crippen molar-refractivity contribution in [3.63, 3.8) is 0 Å². The van der Waals surface area contributed by atoms with Crippen molar-refractivity contribution >= 4 is 46.5 Å². The average molecular weight is 477 g/mol. The van der Waals surface area contributed by atoms with Crippen LogP contribution in [0.2, 0.25) is 0 Å². The summed E-state index contributed by atoms with van der Waals surface area (Å²) in [4.78, 5) is 42.6. The highest BCUT2D eigenvalue weighted by Gasteiger charge is 2.32. The van der Waals surface area contributed by atoms with Crippen molar-refractivity contribution in [2.45, 2.75) is 6.92 Å². The molecule has 1 amide bonds. The Kier molecular flexibility index (Phi) is 6.65. The molecule has 2 aromatic carbocycles. The fraction of sp³-hybridized carbons (Fsp3) is 0.120. The largest absolute Gasteiger partial charge is 0.478 e. The van der Waals surface area contributed by atoms with Gasteiger partial charge in [-0.25, -0.2) is 14.6 Å². The van der Waals surface area contributed by atoms with E-state index in [1.165, 1.54) is 24.9 Å². The maximum atomic E-state index is 12.9. The SMILES string of the molecule is CCN1C(=O)/C(=C\c2ccc(-c3ccccc3C(=O)O)o2)SC1=Nc1ccc(C(=O)OC)cc1. The minimum atomic E-state index is -1.05. The lowest BCUT2D eigenvalue weighted by Crippen LogP contribution is -2.28. The number of aromatic carboxylic acids is 1. The minimum absolute atomic E-state index is 0.132. The predicted octanol–water partition coefficient (Wildman–Crippen LogP) is 5.06. The van der Waals surface area contributed by atoms with E-state index in [0.29, 0.717) is 45.0 Å². The van der Waals surface area contributed by atoms with Gasteiger partial charge in [0.05, 0.1) is 28.8 Å². The number of amidine groups is 1. The number of ether oxygens (including phenoxy) is 1. The Balaban J connectivity index is 1.60. The van der Waals surface area contributed by atoms with Gasteiger partial charge in [-0.3, -0.25) is 9.69 Å². The summed E-state index contributed by atoms with van der Waals surface area (Å²) >= 11 is 1.21. The zero-order chi connectivity index (χ0) is 24.2. The number of benzene rings is 2. The first-order valence-electron chi connectivity index (χ1n) is 10.3. The molecular formula is C25H20N2O6S. The van der Waals surface area contributed by atoms with E-state index in [2.05, 4.69) is 4.99 Å². The Labute approximate surface area is 199 Å². The van der Waals surface area contributed by atoms with E-state index in [1.807, 2.05) is 6.92 Å². The second kappa shape index (κ2) is 9.80. The second-order valence-electron chi connectivity index (χ2n) is 7.15. The van der Waals surface area contributed by atoms with Gasteiger partial charge in [0.15, 0.2) is 5.17 Å². The third kappa shape index (κ3) is 4.65. The Morgan fingerprint density at radius 2 is 1.85 bits per heavy atom. The number of methoxy groups -OCH3 is 1. The molecule has 0 unspecified atom stereocenters. The van der Waals surface area contributed by atoms with Gasteiger partial charge < -0.3 is 14.3 Å². The van der Waals surface area contributed by atoms with Gasteiger partial charge in [-0.2, -0.15) is 0 Å². The molecule has 1 fully saturated rings. The van der Waals surface area contributed by atoms with Crippen LogP contribution in [-0.2, 0) is 9.53 Å². The summed E-state index contributed by atoms with van der Waals surface area (Å²) in [5, 5.41) is 9.92. The lowest BCUT2D eigenvalue weighted by molar-refractivity contribution is -0.122. The predicted molar refractivity (Wildman–Crippen MR) is 129 cm³/mol. The number of carbonyl (C=O) groups excluding carboxylic acids is 2. The molecule has 9 heteroatoms. The molecule has 1 aliphatic heterocycles. The molecular weight excluding hydrogens is 456 g/mol. The standard InChI is InChI=1S/C25H20N2O6S/c1-3-27-22(28)21(34-25(27)26-16-10-8-15(9-11-16)24(31)32-2)14-17-12-13-20(33-17)18-6-4-5-7-19(18)23(29)30/h4-14H,3H2,1-2H3,(H,29,30)/b21-14+,26-25?. The van der Waals surface area contributed by atoms with E-state index in [1.54, 1.807) is 65.6 Å². The van der Waals surface area contributed by atoms with E-state index in [-0.39, 0.29) is 11.5 Å². The molecule has 0 saturated carbocycles. The number of carboxylic acids is 1. The fourth-order valence-corrected chi connectivity index (χ4v) is 4.40. The van der Waals surface area contributed by atoms with Crippen LogP contribution in [0.3, 0.4) is 0 Å². The number of aliphatic imine (C=N–C) groups is 1. The number of nitrogens with zero attached hydrogens (tertiary/aromatic N) is 2. The average Bonchev–Trinajstić information content (AvgIpc) is 3.43. The molecule has 0 spiro atoms. The number of hydrogen-bond acceptors (Lipinski definition) is 7. The topological polar surface area (TPSA) is 109 Å². The second-order valence-corrected chi connectivity index (χ2v) is 8.15. The third-order valence-electron chi connectivity index (χ3n) is 5.04. The minimum Gasteiger partial charge on any atom is -0.478 e. The molecule has 1 saturated heterocycles. The quantitative estimate of drug-likeness (QED) is 0.391. The molecule has 172 valence electrons. The summed E-state index contributed by atoms with van der Waals surface area (Å²) in [5.74, 6) is -0.874. The van der Waals surface area contributed by atoms with Gasteiger partial charge in [0, 0.05) is 18.2 Å². The van der Waals surface area contributed by atoms with Crippen LogP contribution in [0, 0.1) is 0 Å². The highest BCUT2D eigenvalue weighted by molar-refractivity contribution is 8.18. The van der Waals surface area contributed by atoms with Crippen LogP contribution in [0.1, 0.15) is 33.4 Å². The lowest BCUT2D eigenvalue weighted by atomic mass is 10.1. The fourth-order valence-electron chi connectivity index (χ4n) is 3.36. The van der Waals surface area contributed by atoms with Crippen molar-refractivity contribution in [2.75, 3.05) is 13.7 Å². The zero-order valence-corrected chi connectivity index (χ0v) is 19.2. The molecule has 3 aromatic rings. The van der Waals surface area contributed by atoms with Crippen molar-refractivity contribution in [3.05, 3.63) is 82.5 Å². The normalized spacial score (nSPS) is 15.8. The van der Waals surface area contributed by atoms with Gasteiger partial charge in [0.2, 0.25) is 0 Å². The van der Waals surface area contributed by atoms with Crippen LogP contribution in [0.5, 0.6) is 0 Å². The molecule has 4 rings (SSSR count). The van der Waals surface area contributed by atoms with Gasteiger partial charge in [0.1, 0.15) is 11.5 Å². The summed E-state index contributed by atoms with van der Waals surface area (Å²) < 4.78 is 10.5. The van der Waals surface area contributed by atoms with Crippen LogP contribution < -0.4 is 0 Å². The van der Waals surface area contributed by atoms with E-state index in [0.717, 1.165) is 0 Å². The van der Waals surface area contributed by atoms with Crippen LogP contribution in [0.15, 0.2) is 75.0 Å². The number of carbonyl (C=O) groups is 3. The highest BCUT2D eigenvalue weighted by Crippen LogP contribution is 2.35. The smallest absolute Gasteiger partial charge is 0.337 e. The molecule has 0 atom stereocenters. The number of thioether (sulfide) groups is 1. The first-order valence-corrected chi connectivity index (χ1v) is 11.1. The zero-order valence-electron chi connectivity index (χ0n) is 18.3. The van der Waals surface area contributed by atoms with Crippen LogP contribution in [0.4, 0.5) is 5.69 Å². The van der Waals surface area contributed by atoms with Crippen molar-refractivity contribution in [1.82, 2.24) is 4.90 Å². The molecule has 1 N–H and O–H groups in total. The van der Waals surface area contributed by atoms with E-state index in [4.69, 9.17) is 9.15 Å². The van der Waals surface area contributed by atoms with E-state index in [9.17, 15) is 19.5 Å². The number of carboxylic acid groups (broad SMARTS) is 1. The highest BCUT2D eigenvalue weighted by atomic mass is 32.2. The summed E-state index contributed by atoms with van der Waals surface area (Å²) in [6, 6.07) is 16.5. The number of rotatable bonds is 6. The van der Waals surface area contributed by atoms with Gasteiger partial charge in [-0.15, -0.1) is 0 Å². The van der Waals surface area contributed by atoms with Crippen molar-refractivity contribution in [1.29, 1.82) is 0 Å². The maximum Gasteiger partial charge on any atom is 0.337 e. The Bertz CT molecular complexity index is 1320. The molecule has 0 aliphatic carbocycles. The number of likely N-dealkylation sites (N-methyl/N-ethyl adjacent to an activating group) is 1. The summed E-state index contributed by atoms with van der Waals surface area (Å²) in [6.45, 7) is 2.28. The Morgan fingerprint density at radius 1 is 1.12 bits per heavy atom. The maximum absolute atomic E-state index is 12.9. The number of amides is 1. The van der Waals surface area contributed by atoms with Crippen LogP contribution in [-0.4, -0.2) is 46.7 Å². The summed E-state index contributed by atoms with van der Waals surface area (Å²) in [6.07, 6.45) is 1.62. The van der Waals surface area contributed by atoms with E-state index < -0.39 is 11.9 Å². The van der Waals surface area contributed by atoms with Crippen molar-refractivity contribution in [2.24, 2.45) is 4.99 Å². The molecule has 1 aromatic heterocycles. The molecule has 0 radical (unpaired) electrons. The van der Waals surface area contributed by atoms with Gasteiger partial charge >= 0.3 is 11.9 Å². The molecule has 2 heterocycles. The molecule has 1 aliphatic rings. The number of hydrogen-bond donors (Lipinski definition) is 1. The van der Waals surface area contributed by atoms with Crippen LogP contribution in [0.25, 0.3) is 17.4 Å². The molecule has 8 nitrogen and oxygen atoms in total. The summed E-state index contributed by atoms with van der Waals surface area (Å²) in [7, 11) is 1.32. The van der Waals surface area contributed by atoms with Crippen molar-refractivity contribution < 1.29 is 28.6 Å². The number of esters is 1. The van der Waals surface area contributed by atoms with Gasteiger partial charge in [-0.1, -0.05) is 18.2 Å². The Morgan fingerprint density at radius 3 is 2.53 bits per heavy atom. The number of furan rings is 1. The summed E-state index contributed by atoms with van der Waals surface area (Å²) in [5.41, 5.74) is 1.59. The third-order valence-corrected chi connectivity index (χ3v) is 6.05. The van der Waals surface area contributed by atoms with Crippen LogP contribution >= 0.6 is 11.8 Å². The molecule has 0 bridgehead atoms. The molecule has 34 heavy (non-hydrogen) atoms. The lowest BCUT2D eigenvalue weighted by Gasteiger charge is -2.12. The first-order chi connectivity index (χ1) is 16.4. The van der Waals surface area contributed by atoms with Gasteiger partial charge in [0.25, 0.3) is 5.91 Å². The van der Waals surface area contributed by atoms with Crippen molar-refractivity contribution in [3.8, 4) is 11.3 Å². The first kappa shape index (κ1) is 23.1. The van der Waals surface area contributed by atoms with E-state index >= 15 is 0 Å². The Hall–Kier alpha value is -4.11. The van der Waals surface area contributed by atoms with Gasteiger partial charge in [-0.05, 0) is 61.2 Å². The monoisotopic (exact) mass is 476 g/mol.